The maximum Gasteiger partial charge on any atom is 0.503 e. The van der Waals surface area contributed by atoms with Crippen LogP contribution in [0.3, 0.4) is 0 Å². The fourth-order valence-electron chi connectivity index (χ4n) is 3.42. The molecule has 0 unspecified atom stereocenters. The molecule has 1 fully saturated rings. The van der Waals surface area contributed by atoms with Crippen molar-refractivity contribution in [3.8, 4) is 0 Å². The third-order valence-electron chi connectivity index (χ3n) is 4.79. The van der Waals surface area contributed by atoms with E-state index in [1.54, 1.807) is 0 Å². The molecule has 3 N–H and O–H groups in total. The molecule has 10 heteroatoms. The standard InChI is InChI=1S/C19H18Cl3N3S.CH2O3/c20-14-7-6-11(8-15(14)21)10-23-18-13-9-16(22)26-19(13)25-17(24-18)12-4-2-1-3-5-12;2-1(3)4/h6-9,12H,1-5,10H2,(H,23,24,25);(H2,2,3,4). The van der Waals surface area contributed by atoms with Crippen LogP contribution in [0.4, 0.5) is 10.6 Å². The van der Waals surface area contributed by atoms with Gasteiger partial charge < -0.3 is 15.5 Å². The average molecular weight is 489 g/mol. The van der Waals surface area contributed by atoms with Crippen molar-refractivity contribution in [1.29, 1.82) is 0 Å². The number of carboxylic acid groups (broad SMARTS) is 2. The van der Waals surface area contributed by atoms with Crippen LogP contribution in [0.25, 0.3) is 10.2 Å². The molecule has 2 aromatic heterocycles. The summed E-state index contributed by atoms with van der Waals surface area (Å²) in [5, 5.41) is 19.5. The van der Waals surface area contributed by atoms with Crippen molar-refractivity contribution >= 4 is 68.3 Å². The number of anilines is 1. The third kappa shape index (κ3) is 6.11. The van der Waals surface area contributed by atoms with E-state index in [1.165, 1.54) is 30.6 Å². The second kappa shape index (κ2) is 10.5. The van der Waals surface area contributed by atoms with Gasteiger partial charge in [0.15, 0.2) is 0 Å². The highest BCUT2D eigenvalue weighted by Gasteiger charge is 2.21. The molecule has 3 aromatic rings. The molecule has 4 rings (SSSR count). The molecule has 0 bridgehead atoms. The summed E-state index contributed by atoms with van der Waals surface area (Å²) in [5.74, 6) is 2.22. The third-order valence-corrected chi connectivity index (χ3v) is 6.69. The van der Waals surface area contributed by atoms with Gasteiger partial charge in [-0.25, -0.2) is 14.8 Å². The highest BCUT2D eigenvalue weighted by Crippen LogP contribution is 2.36. The maximum atomic E-state index is 8.56. The van der Waals surface area contributed by atoms with Crippen LogP contribution in [0.15, 0.2) is 24.3 Å². The summed E-state index contributed by atoms with van der Waals surface area (Å²) >= 11 is 19.9. The Hall–Kier alpha value is -1.80. The van der Waals surface area contributed by atoms with Gasteiger partial charge in [0.05, 0.1) is 19.8 Å². The molecule has 0 aliphatic heterocycles. The van der Waals surface area contributed by atoms with Gasteiger partial charge in [-0.2, -0.15) is 0 Å². The van der Waals surface area contributed by atoms with E-state index < -0.39 is 6.16 Å². The highest BCUT2D eigenvalue weighted by molar-refractivity contribution is 7.22. The van der Waals surface area contributed by atoms with Crippen molar-refractivity contribution in [2.45, 2.75) is 44.6 Å². The summed E-state index contributed by atoms with van der Waals surface area (Å²) in [7, 11) is 0. The maximum absolute atomic E-state index is 8.56. The minimum atomic E-state index is -1.83. The SMILES string of the molecule is Clc1cc2c(NCc3ccc(Cl)c(Cl)c3)nc(C3CCCCC3)nc2s1.O=C(O)O. The van der Waals surface area contributed by atoms with E-state index in [0.29, 0.717) is 22.5 Å². The van der Waals surface area contributed by atoms with Crippen molar-refractivity contribution in [2.75, 3.05) is 5.32 Å². The van der Waals surface area contributed by atoms with Crippen LogP contribution in [-0.2, 0) is 6.54 Å². The Labute approximate surface area is 192 Å². The number of thiophene rings is 1. The predicted molar refractivity (Wildman–Crippen MR) is 123 cm³/mol. The minimum absolute atomic E-state index is 0.444. The summed E-state index contributed by atoms with van der Waals surface area (Å²) in [6, 6.07) is 7.58. The monoisotopic (exact) mass is 487 g/mol. The number of aromatic nitrogens is 2. The van der Waals surface area contributed by atoms with Crippen LogP contribution in [0.5, 0.6) is 0 Å². The van der Waals surface area contributed by atoms with E-state index in [1.807, 2.05) is 24.3 Å². The summed E-state index contributed by atoms with van der Waals surface area (Å²) in [4.78, 5) is 19.2. The zero-order valence-corrected chi connectivity index (χ0v) is 19.0. The predicted octanol–water partition coefficient (Wildman–Crippen LogP) is 7.53. The summed E-state index contributed by atoms with van der Waals surface area (Å²) in [6.45, 7) is 0.612. The molecule has 1 aliphatic rings. The Morgan fingerprint density at radius 1 is 1.07 bits per heavy atom. The molecule has 0 saturated heterocycles. The van der Waals surface area contributed by atoms with Crippen LogP contribution < -0.4 is 5.32 Å². The van der Waals surface area contributed by atoms with Crippen LogP contribution in [-0.4, -0.2) is 26.3 Å². The molecule has 0 radical (unpaired) electrons. The first-order valence-corrected chi connectivity index (χ1v) is 11.3. The molecular formula is C20H20Cl3N3O3S. The average Bonchev–Trinajstić information content (AvgIpc) is 3.09. The van der Waals surface area contributed by atoms with E-state index in [-0.39, 0.29) is 0 Å². The van der Waals surface area contributed by atoms with Crippen molar-refractivity contribution in [3.63, 3.8) is 0 Å². The highest BCUT2D eigenvalue weighted by atomic mass is 35.5. The van der Waals surface area contributed by atoms with Gasteiger partial charge in [-0.05, 0) is 36.6 Å². The van der Waals surface area contributed by atoms with Gasteiger partial charge in [0, 0.05) is 12.5 Å². The molecule has 0 amide bonds. The number of rotatable bonds is 4. The Bertz CT molecular complexity index is 1030. The number of hydrogen-bond donors (Lipinski definition) is 3. The molecule has 1 aromatic carbocycles. The van der Waals surface area contributed by atoms with Gasteiger partial charge in [0.25, 0.3) is 0 Å². The molecule has 0 atom stereocenters. The molecule has 6 nitrogen and oxygen atoms in total. The normalized spacial score (nSPS) is 14.2. The summed E-state index contributed by atoms with van der Waals surface area (Å²) in [5.41, 5.74) is 1.05. The lowest BCUT2D eigenvalue weighted by Crippen LogP contribution is -2.11. The number of nitrogens with zero attached hydrogens (tertiary/aromatic N) is 2. The minimum Gasteiger partial charge on any atom is -0.450 e. The molecule has 30 heavy (non-hydrogen) atoms. The van der Waals surface area contributed by atoms with Crippen LogP contribution in [0, 0.1) is 0 Å². The van der Waals surface area contributed by atoms with Gasteiger partial charge in [-0.15, -0.1) is 11.3 Å². The summed E-state index contributed by atoms with van der Waals surface area (Å²) in [6.07, 6.45) is 4.31. The Balaban J connectivity index is 0.000000589. The smallest absolute Gasteiger partial charge is 0.450 e. The number of carbonyl (C=O) groups is 1. The van der Waals surface area contributed by atoms with E-state index >= 15 is 0 Å². The fraction of sp³-hybridized carbons (Fsp3) is 0.350. The first-order chi connectivity index (χ1) is 14.3. The number of halogens is 3. The van der Waals surface area contributed by atoms with Crippen molar-refractivity contribution in [3.05, 3.63) is 50.0 Å². The van der Waals surface area contributed by atoms with Crippen LogP contribution >= 0.6 is 46.1 Å². The zero-order valence-electron chi connectivity index (χ0n) is 15.9. The Morgan fingerprint density at radius 3 is 2.43 bits per heavy atom. The first-order valence-electron chi connectivity index (χ1n) is 9.40. The van der Waals surface area contributed by atoms with Gasteiger partial charge in [-0.3, -0.25) is 0 Å². The van der Waals surface area contributed by atoms with Crippen molar-refractivity contribution in [2.24, 2.45) is 0 Å². The Morgan fingerprint density at radius 2 is 1.77 bits per heavy atom. The first kappa shape index (κ1) is 22.9. The van der Waals surface area contributed by atoms with Gasteiger partial charge >= 0.3 is 6.16 Å². The molecule has 1 aliphatic carbocycles. The van der Waals surface area contributed by atoms with E-state index in [2.05, 4.69) is 5.32 Å². The van der Waals surface area contributed by atoms with Crippen LogP contribution in [0.2, 0.25) is 14.4 Å². The van der Waals surface area contributed by atoms with Crippen LogP contribution in [0.1, 0.15) is 49.4 Å². The number of fused-ring (bicyclic) bond motifs is 1. The summed E-state index contributed by atoms with van der Waals surface area (Å²) < 4.78 is 0.729. The lowest BCUT2D eigenvalue weighted by molar-refractivity contribution is 0.137. The largest absolute Gasteiger partial charge is 0.503 e. The van der Waals surface area contributed by atoms with Gasteiger partial charge in [-0.1, -0.05) is 60.1 Å². The molecule has 1 saturated carbocycles. The van der Waals surface area contributed by atoms with Gasteiger partial charge in [0.2, 0.25) is 0 Å². The van der Waals surface area contributed by atoms with Crippen molar-refractivity contribution < 1.29 is 15.0 Å². The number of hydrogen-bond acceptors (Lipinski definition) is 5. The number of benzene rings is 1. The lowest BCUT2D eigenvalue weighted by atomic mass is 9.89. The number of nitrogens with one attached hydrogen (secondary N) is 1. The topological polar surface area (TPSA) is 95.3 Å². The van der Waals surface area contributed by atoms with E-state index in [9.17, 15) is 0 Å². The van der Waals surface area contributed by atoms with E-state index in [0.717, 1.165) is 44.6 Å². The zero-order chi connectivity index (χ0) is 21.7. The van der Waals surface area contributed by atoms with E-state index in [4.69, 9.17) is 59.8 Å². The molecule has 0 spiro atoms. The fourth-order valence-corrected chi connectivity index (χ4v) is 4.84. The second-order valence-corrected chi connectivity index (χ2v) is 9.40. The second-order valence-electron chi connectivity index (χ2n) is 6.92. The van der Waals surface area contributed by atoms with Gasteiger partial charge in [0.1, 0.15) is 16.5 Å². The molecular weight excluding hydrogens is 469 g/mol. The molecule has 2 heterocycles. The van der Waals surface area contributed by atoms with Crippen molar-refractivity contribution in [1.82, 2.24) is 9.97 Å². The quantitative estimate of drug-likeness (QED) is 0.351. The Kier molecular flexibility index (Phi) is 7.99. The lowest BCUT2D eigenvalue weighted by Gasteiger charge is -2.21. The molecule has 160 valence electrons.